The average Bonchev–Trinajstić information content (AvgIpc) is 3.10. The fourth-order valence-corrected chi connectivity index (χ4v) is 1.76. The van der Waals surface area contributed by atoms with Gasteiger partial charge in [-0.1, -0.05) is 18.2 Å². The summed E-state index contributed by atoms with van der Waals surface area (Å²) in [5.41, 5.74) is 1.33. The highest BCUT2D eigenvalue weighted by molar-refractivity contribution is 6.05. The van der Waals surface area contributed by atoms with Gasteiger partial charge < -0.3 is 4.98 Å². The Morgan fingerprint density at radius 3 is 2.67 bits per heavy atom. The molecule has 0 spiro atoms. The van der Waals surface area contributed by atoms with Gasteiger partial charge in [-0.15, -0.1) is 0 Å². The van der Waals surface area contributed by atoms with Crippen molar-refractivity contribution < 1.29 is 4.79 Å². The molecule has 1 aromatic carbocycles. The third-order valence-electron chi connectivity index (χ3n) is 2.59. The second-order valence-electron chi connectivity index (χ2n) is 3.73. The molecule has 5 nitrogen and oxygen atoms in total. The summed E-state index contributed by atoms with van der Waals surface area (Å²) in [6.07, 6.45) is 4.77. The number of hydrogen-bond acceptors (Lipinski definition) is 3. The Bertz CT molecular complexity index is 655. The Morgan fingerprint density at radius 2 is 1.94 bits per heavy atom. The van der Waals surface area contributed by atoms with Crippen molar-refractivity contribution in [3.05, 3.63) is 66.5 Å². The zero-order valence-corrected chi connectivity index (χ0v) is 9.45. The highest BCUT2D eigenvalue weighted by Gasteiger charge is 2.16. The lowest BCUT2D eigenvalue weighted by molar-refractivity contribution is 0.102. The van der Waals surface area contributed by atoms with E-state index in [1.54, 1.807) is 29.3 Å². The van der Waals surface area contributed by atoms with Crippen LogP contribution in [0.1, 0.15) is 16.3 Å². The lowest BCUT2D eigenvalue weighted by Crippen LogP contribution is -2.11. The molecule has 0 aliphatic rings. The minimum Gasteiger partial charge on any atom is -0.342 e. The molecular weight excluding hydrogens is 228 g/mol. The molecule has 88 valence electrons. The normalized spacial score (nSPS) is 10.4. The Morgan fingerprint density at radius 1 is 1.11 bits per heavy atom. The van der Waals surface area contributed by atoms with Gasteiger partial charge in [0.2, 0.25) is 5.78 Å². The number of aromatic amines is 1. The minimum atomic E-state index is -0.179. The standard InChI is InChI=1S/C13H10N4O/c18-12(13-14-8-9-15-13)11-6-7-16-17(11)10-4-2-1-3-5-10/h1-9H,(H,14,15). The van der Waals surface area contributed by atoms with Gasteiger partial charge in [0, 0.05) is 12.4 Å². The number of ketones is 1. The molecule has 0 fully saturated rings. The predicted molar refractivity (Wildman–Crippen MR) is 65.6 cm³/mol. The largest absolute Gasteiger partial charge is 0.342 e. The van der Waals surface area contributed by atoms with Crippen LogP contribution < -0.4 is 0 Å². The van der Waals surface area contributed by atoms with Crippen LogP contribution in [0.15, 0.2) is 55.0 Å². The molecule has 1 N–H and O–H groups in total. The van der Waals surface area contributed by atoms with E-state index in [9.17, 15) is 4.79 Å². The van der Waals surface area contributed by atoms with Crippen LogP contribution in [-0.2, 0) is 0 Å². The first-order chi connectivity index (χ1) is 8.86. The molecule has 0 aliphatic carbocycles. The molecule has 0 saturated heterocycles. The van der Waals surface area contributed by atoms with Crippen molar-refractivity contribution in [2.75, 3.05) is 0 Å². The second-order valence-corrected chi connectivity index (χ2v) is 3.73. The first kappa shape index (κ1) is 10.5. The quantitative estimate of drug-likeness (QED) is 0.708. The predicted octanol–water partition coefficient (Wildman–Crippen LogP) is 1.83. The van der Waals surface area contributed by atoms with Crippen molar-refractivity contribution in [1.82, 2.24) is 19.7 Å². The number of carbonyl (C=O) groups is 1. The summed E-state index contributed by atoms with van der Waals surface area (Å²) in [5, 5.41) is 4.17. The Balaban J connectivity index is 2.05. The number of carbonyl (C=O) groups excluding carboxylic acids is 1. The van der Waals surface area contributed by atoms with Gasteiger partial charge in [0.15, 0.2) is 5.82 Å². The Labute approximate surface area is 103 Å². The van der Waals surface area contributed by atoms with Crippen molar-refractivity contribution in [3.8, 4) is 5.69 Å². The highest BCUT2D eigenvalue weighted by Crippen LogP contribution is 2.12. The van der Waals surface area contributed by atoms with E-state index in [4.69, 9.17) is 0 Å². The maximum Gasteiger partial charge on any atom is 0.246 e. The van der Waals surface area contributed by atoms with E-state index in [1.165, 1.54) is 0 Å². The maximum atomic E-state index is 12.2. The molecule has 3 rings (SSSR count). The van der Waals surface area contributed by atoms with E-state index in [-0.39, 0.29) is 5.78 Å². The smallest absolute Gasteiger partial charge is 0.246 e. The summed E-state index contributed by atoms with van der Waals surface area (Å²) < 4.78 is 1.60. The number of benzene rings is 1. The molecule has 0 radical (unpaired) electrons. The fraction of sp³-hybridized carbons (Fsp3) is 0. The van der Waals surface area contributed by atoms with Gasteiger partial charge in [-0.05, 0) is 18.2 Å². The van der Waals surface area contributed by atoms with Gasteiger partial charge in [0.25, 0.3) is 0 Å². The number of para-hydroxylation sites is 1. The van der Waals surface area contributed by atoms with Crippen LogP contribution in [0.3, 0.4) is 0 Å². The number of nitrogens with one attached hydrogen (secondary N) is 1. The molecule has 0 saturated carbocycles. The average molecular weight is 238 g/mol. The number of hydrogen-bond donors (Lipinski definition) is 1. The van der Waals surface area contributed by atoms with Crippen LogP contribution in [0.2, 0.25) is 0 Å². The van der Waals surface area contributed by atoms with Crippen LogP contribution in [0.4, 0.5) is 0 Å². The molecule has 0 amide bonds. The molecule has 2 heterocycles. The van der Waals surface area contributed by atoms with Gasteiger partial charge in [0.05, 0.1) is 11.9 Å². The van der Waals surface area contributed by atoms with Gasteiger partial charge in [-0.3, -0.25) is 4.79 Å². The monoisotopic (exact) mass is 238 g/mol. The first-order valence-corrected chi connectivity index (χ1v) is 5.50. The zero-order valence-electron chi connectivity index (χ0n) is 9.45. The molecular formula is C13H10N4O. The van der Waals surface area contributed by atoms with Gasteiger partial charge in [0.1, 0.15) is 5.69 Å². The topological polar surface area (TPSA) is 63.6 Å². The van der Waals surface area contributed by atoms with Gasteiger partial charge >= 0.3 is 0 Å². The van der Waals surface area contributed by atoms with Crippen LogP contribution >= 0.6 is 0 Å². The van der Waals surface area contributed by atoms with E-state index in [0.29, 0.717) is 11.5 Å². The number of rotatable bonds is 3. The number of imidazole rings is 1. The second kappa shape index (κ2) is 4.29. The third-order valence-corrected chi connectivity index (χ3v) is 2.59. The lowest BCUT2D eigenvalue weighted by atomic mass is 10.2. The summed E-state index contributed by atoms with van der Waals surface area (Å²) in [6.45, 7) is 0. The molecule has 0 aliphatic heterocycles. The molecule has 2 aromatic heterocycles. The van der Waals surface area contributed by atoms with Crippen LogP contribution in [-0.4, -0.2) is 25.5 Å². The summed E-state index contributed by atoms with van der Waals surface area (Å²) in [5.74, 6) is 0.133. The minimum absolute atomic E-state index is 0.179. The van der Waals surface area contributed by atoms with Crippen molar-refractivity contribution in [2.24, 2.45) is 0 Å². The van der Waals surface area contributed by atoms with E-state index >= 15 is 0 Å². The summed E-state index contributed by atoms with van der Waals surface area (Å²) >= 11 is 0. The van der Waals surface area contributed by atoms with Crippen molar-refractivity contribution in [1.29, 1.82) is 0 Å². The summed E-state index contributed by atoms with van der Waals surface area (Å²) in [4.78, 5) is 19.0. The highest BCUT2D eigenvalue weighted by atomic mass is 16.1. The zero-order chi connectivity index (χ0) is 12.4. The van der Waals surface area contributed by atoms with Gasteiger partial charge in [-0.2, -0.15) is 5.10 Å². The molecule has 3 aromatic rings. The summed E-state index contributed by atoms with van der Waals surface area (Å²) in [7, 11) is 0. The Kier molecular flexibility index (Phi) is 2.49. The van der Waals surface area contributed by atoms with E-state index in [2.05, 4.69) is 15.1 Å². The van der Waals surface area contributed by atoms with Crippen LogP contribution in [0.5, 0.6) is 0 Å². The van der Waals surface area contributed by atoms with Gasteiger partial charge in [-0.25, -0.2) is 9.67 Å². The number of aromatic nitrogens is 4. The number of H-pyrrole nitrogens is 1. The molecule has 18 heavy (non-hydrogen) atoms. The van der Waals surface area contributed by atoms with Crippen LogP contribution in [0.25, 0.3) is 5.69 Å². The first-order valence-electron chi connectivity index (χ1n) is 5.50. The SMILES string of the molecule is O=C(c1ncc[nH]1)c1ccnn1-c1ccccc1. The molecule has 5 heteroatoms. The van der Waals surface area contributed by atoms with E-state index < -0.39 is 0 Å². The molecule has 0 unspecified atom stereocenters. The van der Waals surface area contributed by atoms with Crippen molar-refractivity contribution in [3.63, 3.8) is 0 Å². The maximum absolute atomic E-state index is 12.2. The Hall–Kier alpha value is -2.69. The third kappa shape index (κ3) is 1.71. The fourth-order valence-electron chi connectivity index (χ4n) is 1.76. The van der Waals surface area contributed by atoms with Crippen molar-refractivity contribution >= 4 is 5.78 Å². The molecule has 0 bridgehead atoms. The van der Waals surface area contributed by atoms with Crippen molar-refractivity contribution in [2.45, 2.75) is 0 Å². The molecule has 0 atom stereocenters. The van der Waals surface area contributed by atoms with Crippen LogP contribution in [0, 0.1) is 0 Å². The summed E-state index contributed by atoms with van der Waals surface area (Å²) in [6, 6.07) is 11.2. The van der Waals surface area contributed by atoms with E-state index in [0.717, 1.165) is 5.69 Å². The number of nitrogens with zero attached hydrogens (tertiary/aromatic N) is 3. The lowest BCUT2D eigenvalue weighted by Gasteiger charge is -2.04. The van der Waals surface area contributed by atoms with E-state index in [1.807, 2.05) is 30.3 Å².